The van der Waals surface area contributed by atoms with Crippen LogP contribution >= 0.6 is 11.6 Å². The molecular weight excluding hydrogens is 566 g/mol. The van der Waals surface area contributed by atoms with E-state index in [0.29, 0.717) is 44.2 Å². The van der Waals surface area contributed by atoms with Crippen LogP contribution in [0, 0.1) is 6.92 Å². The highest BCUT2D eigenvalue weighted by molar-refractivity contribution is 7.86. The molecule has 0 aliphatic carbocycles. The third-order valence-corrected chi connectivity index (χ3v) is 7.94. The molecule has 0 saturated heterocycles. The molecule has 6 aromatic rings. The van der Waals surface area contributed by atoms with Crippen LogP contribution in [0.3, 0.4) is 0 Å². The van der Waals surface area contributed by atoms with E-state index in [1.54, 1.807) is 55.0 Å². The van der Waals surface area contributed by atoms with E-state index in [4.69, 9.17) is 20.8 Å². The minimum Gasteiger partial charge on any atom is -0.497 e. The Morgan fingerprint density at radius 3 is 2.44 bits per heavy atom. The van der Waals surface area contributed by atoms with Gasteiger partial charge in [0.05, 0.1) is 35.9 Å². The first kappa shape index (κ1) is 26.7. The summed E-state index contributed by atoms with van der Waals surface area (Å²) in [7, 11) is -2.99. The van der Waals surface area contributed by atoms with Crippen molar-refractivity contribution in [2.24, 2.45) is 0 Å². The number of pyridine rings is 2. The highest BCUT2D eigenvalue weighted by atomic mass is 35.5. The van der Waals surface area contributed by atoms with E-state index >= 15 is 0 Å². The standard InChI is InChI=1S/C30H22ClN3O6S/c1-17-32-24(16-40-17)28-27(23-12-8-19-4-3-5-26(29(19)33-23)41(36,37)38)22-14-20(31)9-13-25(22)34(30(28)35)15-18-6-10-21(39-2)11-7-18/h3-14,16H,15H2,1-2H3,(H,36,37,38). The van der Waals surface area contributed by atoms with Gasteiger partial charge in [0, 0.05) is 28.3 Å². The average molecular weight is 588 g/mol. The van der Waals surface area contributed by atoms with Crippen LogP contribution in [0.4, 0.5) is 0 Å². The molecule has 0 aliphatic heterocycles. The van der Waals surface area contributed by atoms with Crippen LogP contribution in [-0.2, 0) is 16.7 Å². The maximum absolute atomic E-state index is 14.3. The smallest absolute Gasteiger partial charge is 0.296 e. The second-order valence-electron chi connectivity index (χ2n) is 9.40. The number of halogens is 1. The zero-order valence-electron chi connectivity index (χ0n) is 21.8. The number of ether oxygens (including phenoxy) is 1. The number of aryl methyl sites for hydroxylation is 1. The Kier molecular flexibility index (Phi) is 6.61. The normalized spacial score (nSPS) is 11.8. The van der Waals surface area contributed by atoms with Crippen LogP contribution in [0.1, 0.15) is 11.5 Å². The van der Waals surface area contributed by atoms with E-state index in [1.165, 1.54) is 18.4 Å². The maximum atomic E-state index is 14.3. The lowest BCUT2D eigenvalue weighted by Gasteiger charge is -2.18. The predicted molar refractivity (Wildman–Crippen MR) is 156 cm³/mol. The van der Waals surface area contributed by atoms with Gasteiger partial charge < -0.3 is 13.7 Å². The van der Waals surface area contributed by atoms with Gasteiger partial charge in [-0.15, -0.1) is 0 Å². The fourth-order valence-electron chi connectivity index (χ4n) is 4.95. The van der Waals surface area contributed by atoms with Gasteiger partial charge in [-0.3, -0.25) is 9.35 Å². The van der Waals surface area contributed by atoms with Crippen molar-refractivity contribution in [3.8, 4) is 28.3 Å². The van der Waals surface area contributed by atoms with Crippen LogP contribution in [0.25, 0.3) is 44.3 Å². The van der Waals surface area contributed by atoms with Crippen LogP contribution in [-0.4, -0.2) is 34.6 Å². The lowest BCUT2D eigenvalue weighted by atomic mass is 9.97. The van der Waals surface area contributed by atoms with E-state index < -0.39 is 10.1 Å². The van der Waals surface area contributed by atoms with E-state index in [2.05, 4.69) is 9.97 Å². The molecule has 0 fully saturated rings. The Labute approximate surface area is 239 Å². The molecule has 0 unspecified atom stereocenters. The number of oxazole rings is 1. The molecule has 9 nitrogen and oxygen atoms in total. The van der Waals surface area contributed by atoms with Crippen molar-refractivity contribution in [3.05, 3.63) is 106 Å². The third-order valence-electron chi connectivity index (χ3n) is 6.82. The Morgan fingerprint density at radius 2 is 1.76 bits per heavy atom. The maximum Gasteiger partial charge on any atom is 0.296 e. The van der Waals surface area contributed by atoms with Crippen LogP contribution in [0.5, 0.6) is 5.75 Å². The zero-order chi connectivity index (χ0) is 28.9. The molecule has 206 valence electrons. The van der Waals surface area contributed by atoms with Gasteiger partial charge >= 0.3 is 0 Å². The number of hydrogen-bond acceptors (Lipinski definition) is 7. The molecule has 3 aromatic carbocycles. The second-order valence-corrected chi connectivity index (χ2v) is 11.2. The summed E-state index contributed by atoms with van der Waals surface area (Å²) in [5, 5.41) is 1.52. The van der Waals surface area contributed by atoms with Gasteiger partial charge in [-0.25, -0.2) is 9.97 Å². The van der Waals surface area contributed by atoms with Gasteiger partial charge in [-0.2, -0.15) is 8.42 Å². The quantitative estimate of drug-likeness (QED) is 0.230. The average Bonchev–Trinajstić information content (AvgIpc) is 3.39. The van der Waals surface area contributed by atoms with Crippen molar-refractivity contribution in [3.63, 3.8) is 0 Å². The van der Waals surface area contributed by atoms with Crippen molar-refractivity contribution in [1.82, 2.24) is 14.5 Å². The van der Waals surface area contributed by atoms with Crippen LogP contribution in [0.15, 0.2) is 93.2 Å². The molecule has 3 aromatic heterocycles. The Bertz CT molecular complexity index is 2140. The number of para-hydroxylation sites is 1. The number of fused-ring (bicyclic) bond motifs is 2. The van der Waals surface area contributed by atoms with Crippen molar-refractivity contribution in [1.29, 1.82) is 0 Å². The van der Waals surface area contributed by atoms with Crippen molar-refractivity contribution in [2.75, 3.05) is 7.11 Å². The van der Waals surface area contributed by atoms with E-state index in [0.717, 1.165) is 5.56 Å². The van der Waals surface area contributed by atoms with E-state index in [1.807, 2.05) is 24.3 Å². The fraction of sp³-hybridized carbons (Fsp3) is 0.100. The largest absolute Gasteiger partial charge is 0.497 e. The lowest BCUT2D eigenvalue weighted by molar-refractivity contribution is 0.414. The van der Waals surface area contributed by atoms with E-state index in [-0.39, 0.29) is 33.8 Å². The minimum absolute atomic E-state index is 0.0624. The topological polar surface area (TPSA) is 125 Å². The van der Waals surface area contributed by atoms with Gasteiger partial charge in [0.25, 0.3) is 15.7 Å². The summed E-state index contributed by atoms with van der Waals surface area (Å²) in [5.74, 6) is 1.05. The highest BCUT2D eigenvalue weighted by Crippen LogP contribution is 2.37. The Hall–Kier alpha value is -4.51. The van der Waals surface area contributed by atoms with Gasteiger partial charge in [0.15, 0.2) is 5.89 Å². The Morgan fingerprint density at radius 1 is 0.976 bits per heavy atom. The SMILES string of the molecule is COc1ccc(Cn2c(=O)c(-c3coc(C)n3)c(-c3ccc4cccc(S(=O)(=O)O)c4n3)c3cc(Cl)ccc32)cc1. The molecule has 3 heterocycles. The minimum atomic E-state index is -4.58. The zero-order valence-corrected chi connectivity index (χ0v) is 23.4. The first-order chi connectivity index (χ1) is 19.6. The third kappa shape index (κ3) is 4.86. The summed E-state index contributed by atoms with van der Waals surface area (Å²) < 4.78 is 46.6. The van der Waals surface area contributed by atoms with Gasteiger partial charge in [0.1, 0.15) is 22.6 Å². The van der Waals surface area contributed by atoms with Crippen molar-refractivity contribution >= 4 is 43.5 Å². The number of hydrogen-bond donors (Lipinski definition) is 1. The Balaban J connectivity index is 1.71. The fourth-order valence-corrected chi connectivity index (χ4v) is 5.78. The molecule has 0 bridgehead atoms. The predicted octanol–water partition coefficient (Wildman–Crippen LogP) is 6.14. The van der Waals surface area contributed by atoms with Crippen molar-refractivity contribution in [2.45, 2.75) is 18.4 Å². The second kappa shape index (κ2) is 10.2. The summed E-state index contributed by atoms with van der Waals surface area (Å²) in [6.45, 7) is 1.91. The number of nitrogens with zero attached hydrogens (tertiary/aromatic N) is 3. The van der Waals surface area contributed by atoms with Gasteiger partial charge in [-0.1, -0.05) is 41.9 Å². The molecule has 0 saturated carbocycles. The molecular formula is C30H22ClN3O6S. The summed E-state index contributed by atoms with van der Waals surface area (Å²) in [6.07, 6.45) is 1.40. The summed E-state index contributed by atoms with van der Waals surface area (Å²) in [5.41, 5.74) is 2.35. The monoisotopic (exact) mass is 587 g/mol. The molecule has 0 aliphatic rings. The van der Waals surface area contributed by atoms with E-state index in [9.17, 15) is 17.8 Å². The van der Waals surface area contributed by atoms with Crippen LogP contribution in [0.2, 0.25) is 5.02 Å². The lowest BCUT2D eigenvalue weighted by Crippen LogP contribution is -2.24. The molecule has 0 radical (unpaired) electrons. The molecule has 41 heavy (non-hydrogen) atoms. The molecule has 0 spiro atoms. The summed E-state index contributed by atoms with van der Waals surface area (Å²) >= 11 is 6.48. The van der Waals surface area contributed by atoms with Gasteiger partial charge in [-0.05, 0) is 48.0 Å². The molecule has 11 heteroatoms. The molecule has 6 rings (SSSR count). The summed E-state index contributed by atoms with van der Waals surface area (Å²) in [4.78, 5) is 23.1. The highest BCUT2D eigenvalue weighted by Gasteiger charge is 2.24. The first-order valence-corrected chi connectivity index (χ1v) is 14.2. The van der Waals surface area contributed by atoms with Crippen molar-refractivity contribution < 1.29 is 22.1 Å². The molecule has 0 atom stereocenters. The molecule has 1 N–H and O–H groups in total. The number of rotatable bonds is 6. The summed E-state index contributed by atoms with van der Waals surface area (Å²) in [6, 6.07) is 20.4. The number of methoxy groups -OCH3 is 1. The van der Waals surface area contributed by atoms with Crippen LogP contribution < -0.4 is 10.3 Å². The number of benzene rings is 3. The first-order valence-electron chi connectivity index (χ1n) is 12.4. The molecule has 0 amide bonds. The number of aromatic nitrogens is 3. The van der Waals surface area contributed by atoms with Gasteiger partial charge in [0.2, 0.25) is 0 Å².